The van der Waals surface area contributed by atoms with Crippen molar-refractivity contribution >= 4 is 5.91 Å². The van der Waals surface area contributed by atoms with Gasteiger partial charge in [0, 0.05) is 23.9 Å². The minimum absolute atomic E-state index is 0.0481. The van der Waals surface area contributed by atoms with Crippen molar-refractivity contribution in [3.8, 4) is 0 Å². The fraction of sp³-hybridized carbons (Fsp3) is 0.929. The summed E-state index contributed by atoms with van der Waals surface area (Å²) >= 11 is 0. The Balaban J connectivity index is 2.32. The number of carbonyl (C=O) groups is 1. The van der Waals surface area contributed by atoms with Crippen LogP contribution in [0, 0.1) is 5.41 Å². The van der Waals surface area contributed by atoms with Gasteiger partial charge in [0.2, 0.25) is 5.91 Å². The monoisotopic (exact) mass is 256 g/mol. The van der Waals surface area contributed by atoms with E-state index in [1.165, 1.54) is 6.42 Å². The zero-order valence-electron chi connectivity index (χ0n) is 11.8. The van der Waals surface area contributed by atoms with Crippen LogP contribution in [0.3, 0.4) is 0 Å². The SMILES string of the molecule is CC(C)(N)CCC(=O)NCC1(CO)CCCCC1. The molecule has 18 heavy (non-hydrogen) atoms. The molecular weight excluding hydrogens is 228 g/mol. The Bertz CT molecular complexity index is 265. The van der Waals surface area contributed by atoms with Crippen LogP contribution in [0.25, 0.3) is 0 Å². The first-order valence-corrected chi connectivity index (χ1v) is 7.03. The minimum atomic E-state index is -0.295. The van der Waals surface area contributed by atoms with Gasteiger partial charge < -0.3 is 16.2 Å². The molecule has 0 bridgehead atoms. The van der Waals surface area contributed by atoms with Gasteiger partial charge in [-0.1, -0.05) is 19.3 Å². The predicted molar refractivity (Wildman–Crippen MR) is 73.1 cm³/mol. The summed E-state index contributed by atoms with van der Waals surface area (Å²) in [5, 5.41) is 12.5. The van der Waals surface area contributed by atoms with Gasteiger partial charge in [0.25, 0.3) is 0 Å². The molecule has 0 atom stereocenters. The van der Waals surface area contributed by atoms with Gasteiger partial charge >= 0.3 is 0 Å². The van der Waals surface area contributed by atoms with E-state index in [9.17, 15) is 9.90 Å². The highest BCUT2D eigenvalue weighted by molar-refractivity contribution is 5.76. The van der Waals surface area contributed by atoms with Crippen molar-refractivity contribution < 1.29 is 9.90 Å². The Morgan fingerprint density at radius 2 is 1.94 bits per heavy atom. The third-order valence-electron chi connectivity index (χ3n) is 3.91. The predicted octanol–water partition coefficient (Wildman–Crippen LogP) is 1.56. The second-order valence-corrected chi connectivity index (χ2v) is 6.48. The number of carbonyl (C=O) groups excluding carboxylic acids is 1. The Kier molecular flexibility index (Phi) is 5.60. The number of hydrogen-bond donors (Lipinski definition) is 3. The summed E-state index contributed by atoms with van der Waals surface area (Å²) in [4.78, 5) is 11.7. The van der Waals surface area contributed by atoms with Crippen molar-refractivity contribution in [1.82, 2.24) is 5.32 Å². The molecule has 0 aromatic rings. The molecule has 0 unspecified atom stereocenters. The molecule has 0 saturated heterocycles. The van der Waals surface area contributed by atoms with Gasteiger partial charge in [0.05, 0.1) is 6.61 Å². The summed E-state index contributed by atoms with van der Waals surface area (Å²) in [7, 11) is 0. The van der Waals surface area contributed by atoms with Crippen LogP contribution in [-0.4, -0.2) is 29.7 Å². The molecule has 1 aliphatic rings. The van der Waals surface area contributed by atoms with Crippen molar-refractivity contribution in [2.24, 2.45) is 11.1 Å². The third kappa shape index (κ3) is 5.36. The highest BCUT2D eigenvalue weighted by Gasteiger charge is 2.31. The lowest BCUT2D eigenvalue weighted by Crippen LogP contribution is -2.42. The van der Waals surface area contributed by atoms with Crippen LogP contribution in [0.4, 0.5) is 0 Å². The standard InChI is InChI=1S/C14H28N2O2/c1-13(2,15)9-6-12(18)16-10-14(11-17)7-4-3-5-8-14/h17H,3-11,15H2,1-2H3,(H,16,18). The molecule has 4 N–H and O–H groups in total. The molecule has 0 aromatic heterocycles. The molecule has 1 saturated carbocycles. The first kappa shape index (κ1) is 15.4. The first-order valence-electron chi connectivity index (χ1n) is 7.03. The van der Waals surface area contributed by atoms with Crippen LogP contribution < -0.4 is 11.1 Å². The number of aliphatic hydroxyl groups excluding tert-OH is 1. The molecule has 4 heteroatoms. The molecular formula is C14H28N2O2. The average molecular weight is 256 g/mol. The fourth-order valence-corrected chi connectivity index (χ4v) is 2.50. The molecule has 106 valence electrons. The summed E-state index contributed by atoms with van der Waals surface area (Å²) in [6.45, 7) is 4.64. The molecule has 0 spiro atoms. The number of rotatable bonds is 6. The van der Waals surface area contributed by atoms with E-state index in [0.717, 1.165) is 25.7 Å². The van der Waals surface area contributed by atoms with Crippen LogP contribution in [-0.2, 0) is 4.79 Å². The Hall–Kier alpha value is -0.610. The maximum atomic E-state index is 11.7. The van der Waals surface area contributed by atoms with E-state index in [-0.39, 0.29) is 23.5 Å². The van der Waals surface area contributed by atoms with Crippen molar-refractivity contribution in [2.75, 3.05) is 13.2 Å². The van der Waals surface area contributed by atoms with E-state index >= 15 is 0 Å². The van der Waals surface area contributed by atoms with E-state index in [2.05, 4.69) is 5.32 Å². The summed E-state index contributed by atoms with van der Waals surface area (Å²) < 4.78 is 0. The zero-order chi connectivity index (χ0) is 13.6. The molecule has 1 amide bonds. The van der Waals surface area contributed by atoms with Gasteiger partial charge in [-0.2, -0.15) is 0 Å². The fourth-order valence-electron chi connectivity index (χ4n) is 2.50. The number of nitrogens with two attached hydrogens (primary N) is 1. The maximum Gasteiger partial charge on any atom is 0.220 e. The van der Waals surface area contributed by atoms with Gasteiger partial charge in [-0.3, -0.25) is 4.79 Å². The lowest BCUT2D eigenvalue weighted by molar-refractivity contribution is -0.122. The smallest absolute Gasteiger partial charge is 0.220 e. The summed E-state index contributed by atoms with van der Waals surface area (Å²) in [6.07, 6.45) is 6.75. The topological polar surface area (TPSA) is 75.4 Å². The van der Waals surface area contributed by atoms with Gasteiger partial charge in [0.1, 0.15) is 0 Å². The minimum Gasteiger partial charge on any atom is -0.396 e. The summed E-state index contributed by atoms with van der Waals surface area (Å²) in [5.41, 5.74) is 5.48. The van der Waals surface area contributed by atoms with Gasteiger partial charge in [-0.25, -0.2) is 0 Å². The second kappa shape index (κ2) is 6.53. The van der Waals surface area contributed by atoms with Crippen LogP contribution in [0.2, 0.25) is 0 Å². The molecule has 4 nitrogen and oxygen atoms in total. The molecule has 1 aliphatic carbocycles. The molecule has 1 rings (SSSR count). The quantitative estimate of drug-likeness (QED) is 0.675. The van der Waals surface area contributed by atoms with E-state index < -0.39 is 0 Å². The van der Waals surface area contributed by atoms with Gasteiger partial charge in [0.15, 0.2) is 0 Å². The highest BCUT2D eigenvalue weighted by Crippen LogP contribution is 2.35. The first-order chi connectivity index (χ1) is 8.37. The maximum absolute atomic E-state index is 11.7. The largest absolute Gasteiger partial charge is 0.396 e. The summed E-state index contributed by atoms with van der Waals surface area (Å²) in [6, 6.07) is 0. The second-order valence-electron chi connectivity index (χ2n) is 6.48. The van der Waals surface area contributed by atoms with Crippen molar-refractivity contribution in [3.63, 3.8) is 0 Å². The van der Waals surface area contributed by atoms with Crippen LogP contribution in [0.1, 0.15) is 58.8 Å². The molecule has 1 fully saturated rings. The van der Waals surface area contributed by atoms with E-state index in [1.54, 1.807) is 0 Å². The summed E-state index contributed by atoms with van der Waals surface area (Å²) in [5.74, 6) is 0.0481. The van der Waals surface area contributed by atoms with Crippen LogP contribution >= 0.6 is 0 Å². The van der Waals surface area contributed by atoms with Gasteiger partial charge in [-0.15, -0.1) is 0 Å². The number of nitrogens with one attached hydrogen (secondary N) is 1. The number of amides is 1. The molecule has 0 heterocycles. The normalized spacial score (nSPS) is 19.6. The average Bonchev–Trinajstić information content (AvgIpc) is 2.34. The third-order valence-corrected chi connectivity index (χ3v) is 3.91. The van der Waals surface area contributed by atoms with Crippen LogP contribution in [0.15, 0.2) is 0 Å². The number of hydrogen-bond acceptors (Lipinski definition) is 3. The van der Waals surface area contributed by atoms with E-state index in [1.807, 2.05) is 13.8 Å². The zero-order valence-corrected chi connectivity index (χ0v) is 11.8. The van der Waals surface area contributed by atoms with Crippen molar-refractivity contribution in [1.29, 1.82) is 0 Å². The lowest BCUT2D eigenvalue weighted by Gasteiger charge is -2.35. The Morgan fingerprint density at radius 3 is 2.44 bits per heavy atom. The molecule has 0 aliphatic heterocycles. The van der Waals surface area contributed by atoms with E-state index in [4.69, 9.17) is 5.73 Å². The van der Waals surface area contributed by atoms with E-state index in [0.29, 0.717) is 19.4 Å². The Labute approximate surface area is 110 Å². The number of aliphatic hydroxyl groups is 1. The van der Waals surface area contributed by atoms with Crippen LogP contribution in [0.5, 0.6) is 0 Å². The molecule has 0 aromatic carbocycles. The van der Waals surface area contributed by atoms with Crippen molar-refractivity contribution in [3.05, 3.63) is 0 Å². The molecule has 0 radical (unpaired) electrons. The lowest BCUT2D eigenvalue weighted by atomic mass is 9.74. The highest BCUT2D eigenvalue weighted by atomic mass is 16.3. The Morgan fingerprint density at radius 1 is 1.33 bits per heavy atom. The van der Waals surface area contributed by atoms with Gasteiger partial charge in [-0.05, 0) is 33.1 Å². The van der Waals surface area contributed by atoms with Crippen molar-refractivity contribution in [2.45, 2.75) is 64.3 Å².